The van der Waals surface area contributed by atoms with Gasteiger partial charge in [0.25, 0.3) is 0 Å². The summed E-state index contributed by atoms with van der Waals surface area (Å²) in [6, 6.07) is 22.1. The summed E-state index contributed by atoms with van der Waals surface area (Å²) in [6.07, 6.45) is -0.122. The fourth-order valence-corrected chi connectivity index (χ4v) is 4.35. The monoisotopic (exact) mass is 491 g/mol. The van der Waals surface area contributed by atoms with Crippen LogP contribution in [-0.2, 0) is 40.3 Å². The number of amides is 3. The molecule has 3 aromatic rings. The van der Waals surface area contributed by atoms with Gasteiger partial charge in [0.1, 0.15) is 18.7 Å². The van der Waals surface area contributed by atoms with Gasteiger partial charge in [-0.2, -0.15) is 0 Å². The minimum Gasteiger partial charge on any atom is -0.445 e. The maximum atomic E-state index is 13.4. The van der Waals surface area contributed by atoms with Crippen molar-refractivity contribution in [3.63, 3.8) is 0 Å². The molecule has 1 heterocycles. The van der Waals surface area contributed by atoms with E-state index in [1.807, 2.05) is 54.6 Å². The van der Waals surface area contributed by atoms with Crippen molar-refractivity contribution in [1.82, 2.24) is 10.2 Å². The SMILES string of the molecule is NC(=O)[C@H](Cc1cccc(Cl)c1)NC(=O)[C@@H]1Cc2ccccc2CN1C(=O)OCc1ccccc1. The van der Waals surface area contributed by atoms with Crippen molar-refractivity contribution in [3.8, 4) is 0 Å². The number of halogens is 1. The van der Waals surface area contributed by atoms with Crippen LogP contribution >= 0.6 is 11.6 Å². The van der Waals surface area contributed by atoms with Gasteiger partial charge in [0.05, 0.1) is 6.54 Å². The van der Waals surface area contributed by atoms with Gasteiger partial charge in [0.15, 0.2) is 0 Å². The first-order chi connectivity index (χ1) is 16.9. The van der Waals surface area contributed by atoms with E-state index in [-0.39, 0.29) is 19.6 Å². The topological polar surface area (TPSA) is 102 Å². The second-order valence-electron chi connectivity index (χ2n) is 8.45. The van der Waals surface area contributed by atoms with Gasteiger partial charge in [-0.05, 0) is 34.4 Å². The van der Waals surface area contributed by atoms with Crippen molar-refractivity contribution in [2.75, 3.05) is 0 Å². The largest absolute Gasteiger partial charge is 0.445 e. The first-order valence-corrected chi connectivity index (χ1v) is 11.7. The molecule has 0 aliphatic carbocycles. The standard InChI is InChI=1S/C27H26ClN3O4/c28-22-12-6-9-19(13-22)14-23(25(29)32)30-26(33)24-15-20-10-4-5-11-21(20)16-31(24)27(34)35-17-18-7-2-1-3-8-18/h1-13,23-24H,14-17H2,(H2,29,32)(H,30,33)/t23-,24-/m0/s1. The van der Waals surface area contributed by atoms with Crippen molar-refractivity contribution in [2.24, 2.45) is 5.73 Å². The van der Waals surface area contributed by atoms with E-state index in [0.717, 1.165) is 22.3 Å². The molecule has 3 aromatic carbocycles. The molecule has 0 spiro atoms. The summed E-state index contributed by atoms with van der Waals surface area (Å²) in [5.41, 5.74) is 9.10. The maximum absolute atomic E-state index is 13.4. The van der Waals surface area contributed by atoms with E-state index in [1.165, 1.54) is 4.90 Å². The Balaban J connectivity index is 1.52. The highest BCUT2D eigenvalue weighted by atomic mass is 35.5. The summed E-state index contributed by atoms with van der Waals surface area (Å²) in [5, 5.41) is 3.26. The predicted octanol–water partition coefficient (Wildman–Crippen LogP) is 3.62. The Bertz CT molecular complexity index is 1220. The van der Waals surface area contributed by atoms with Gasteiger partial charge in [0, 0.05) is 17.9 Å². The average Bonchev–Trinajstić information content (AvgIpc) is 2.86. The number of benzene rings is 3. The van der Waals surface area contributed by atoms with Gasteiger partial charge >= 0.3 is 6.09 Å². The van der Waals surface area contributed by atoms with E-state index >= 15 is 0 Å². The van der Waals surface area contributed by atoms with E-state index < -0.39 is 30.0 Å². The van der Waals surface area contributed by atoms with Crippen LogP contribution in [0.2, 0.25) is 5.02 Å². The zero-order valence-corrected chi connectivity index (χ0v) is 19.8. The van der Waals surface area contributed by atoms with Gasteiger partial charge < -0.3 is 15.8 Å². The van der Waals surface area contributed by atoms with Crippen LogP contribution in [0.15, 0.2) is 78.9 Å². The molecule has 1 aliphatic rings. The number of fused-ring (bicyclic) bond motifs is 1. The van der Waals surface area contributed by atoms with Gasteiger partial charge in [-0.25, -0.2) is 4.79 Å². The molecule has 4 rings (SSSR count). The van der Waals surface area contributed by atoms with E-state index in [2.05, 4.69) is 5.32 Å². The predicted molar refractivity (Wildman–Crippen MR) is 132 cm³/mol. The molecular weight excluding hydrogens is 466 g/mol. The Labute approximate surface area is 208 Å². The molecule has 180 valence electrons. The lowest BCUT2D eigenvalue weighted by Gasteiger charge is -2.35. The minimum atomic E-state index is -0.958. The van der Waals surface area contributed by atoms with Crippen LogP contribution in [0, 0.1) is 0 Å². The van der Waals surface area contributed by atoms with Crippen LogP contribution in [0.5, 0.6) is 0 Å². The highest BCUT2D eigenvalue weighted by molar-refractivity contribution is 6.30. The van der Waals surface area contributed by atoms with E-state index in [9.17, 15) is 14.4 Å². The van der Waals surface area contributed by atoms with Crippen LogP contribution < -0.4 is 11.1 Å². The number of ether oxygens (including phenoxy) is 1. The smallest absolute Gasteiger partial charge is 0.411 e. The minimum absolute atomic E-state index is 0.0881. The summed E-state index contributed by atoms with van der Waals surface area (Å²) in [6.45, 7) is 0.308. The van der Waals surface area contributed by atoms with Crippen LogP contribution in [0.1, 0.15) is 22.3 Å². The molecule has 0 radical (unpaired) electrons. The maximum Gasteiger partial charge on any atom is 0.411 e. The van der Waals surface area contributed by atoms with Gasteiger partial charge in [-0.1, -0.05) is 78.3 Å². The Morgan fingerprint density at radius 1 is 0.971 bits per heavy atom. The molecule has 1 aliphatic heterocycles. The van der Waals surface area contributed by atoms with Gasteiger partial charge in [-0.15, -0.1) is 0 Å². The molecule has 0 aromatic heterocycles. The second kappa shape index (κ2) is 11.1. The molecule has 7 nitrogen and oxygen atoms in total. The number of carbonyl (C=O) groups is 3. The molecule has 3 N–H and O–H groups in total. The van der Waals surface area contributed by atoms with E-state index in [1.54, 1.807) is 24.3 Å². The summed E-state index contributed by atoms with van der Waals surface area (Å²) in [5.74, 6) is -1.14. The molecule has 0 saturated carbocycles. The number of nitrogens with one attached hydrogen (secondary N) is 1. The third kappa shape index (κ3) is 6.19. The fourth-order valence-electron chi connectivity index (χ4n) is 4.14. The Kier molecular flexibility index (Phi) is 7.67. The quantitative estimate of drug-likeness (QED) is 0.527. The molecular formula is C27H26ClN3O4. The highest BCUT2D eigenvalue weighted by Gasteiger charge is 2.37. The third-order valence-corrected chi connectivity index (χ3v) is 6.21. The lowest BCUT2D eigenvalue weighted by Crippen LogP contribution is -2.56. The Hall–Kier alpha value is -3.84. The third-order valence-electron chi connectivity index (χ3n) is 5.98. The number of primary amides is 1. The number of nitrogens with zero attached hydrogens (tertiary/aromatic N) is 1. The molecule has 2 atom stereocenters. The van der Waals surface area contributed by atoms with E-state index in [4.69, 9.17) is 22.1 Å². The summed E-state index contributed by atoms with van der Waals surface area (Å²) >= 11 is 6.05. The van der Waals surface area contributed by atoms with Crippen molar-refractivity contribution < 1.29 is 19.1 Å². The van der Waals surface area contributed by atoms with Gasteiger partial charge in [-0.3, -0.25) is 14.5 Å². The normalized spacial score (nSPS) is 15.6. The number of hydrogen-bond acceptors (Lipinski definition) is 4. The van der Waals surface area contributed by atoms with Crippen molar-refractivity contribution in [2.45, 2.75) is 38.1 Å². The summed E-state index contributed by atoms with van der Waals surface area (Å²) in [4.78, 5) is 40.0. The molecule has 0 bridgehead atoms. The zero-order valence-electron chi connectivity index (χ0n) is 19.0. The summed E-state index contributed by atoms with van der Waals surface area (Å²) < 4.78 is 5.52. The number of rotatable bonds is 7. The van der Waals surface area contributed by atoms with Crippen molar-refractivity contribution in [1.29, 1.82) is 0 Å². The molecule has 0 fully saturated rings. The lowest BCUT2D eigenvalue weighted by atomic mass is 9.93. The Morgan fingerprint density at radius 3 is 2.37 bits per heavy atom. The zero-order chi connectivity index (χ0) is 24.8. The molecule has 0 unspecified atom stereocenters. The first kappa shape index (κ1) is 24.3. The second-order valence-corrected chi connectivity index (χ2v) is 8.89. The molecule has 8 heteroatoms. The van der Waals surface area contributed by atoms with Crippen molar-refractivity contribution >= 4 is 29.5 Å². The number of hydrogen-bond donors (Lipinski definition) is 2. The highest BCUT2D eigenvalue weighted by Crippen LogP contribution is 2.25. The number of carbonyl (C=O) groups excluding carboxylic acids is 3. The summed E-state index contributed by atoms with van der Waals surface area (Å²) in [7, 11) is 0. The first-order valence-electron chi connectivity index (χ1n) is 11.3. The Morgan fingerprint density at radius 2 is 1.66 bits per heavy atom. The molecule has 0 saturated heterocycles. The van der Waals surface area contributed by atoms with E-state index in [0.29, 0.717) is 11.4 Å². The number of nitrogens with two attached hydrogens (primary N) is 1. The lowest BCUT2D eigenvalue weighted by molar-refractivity contribution is -0.131. The van der Waals surface area contributed by atoms with Crippen LogP contribution in [0.3, 0.4) is 0 Å². The molecule has 35 heavy (non-hydrogen) atoms. The van der Waals surface area contributed by atoms with Crippen LogP contribution in [-0.4, -0.2) is 34.9 Å². The van der Waals surface area contributed by atoms with Gasteiger partial charge in [0.2, 0.25) is 11.8 Å². The fraction of sp³-hybridized carbons (Fsp3) is 0.222. The average molecular weight is 492 g/mol. The molecule has 3 amide bonds. The van der Waals surface area contributed by atoms with Crippen molar-refractivity contribution in [3.05, 3.63) is 106 Å². The van der Waals surface area contributed by atoms with Crippen LogP contribution in [0.25, 0.3) is 0 Å². The van der Waals surface area contributed by atoms with Crippen LogP contribution in [0.4, 0.5) is 4.79 Å².